The van der Waals surface area contributed by atoms with Gasteiger partial charge in [-0.05, 0) is 36.2 Å². The van der Waals surface area contributed by atoms with E-state index in [2.05, 4.69) is 22.1 Å². The molecule has 0 unspecified atom stereocenters. The van der Waals surface area contributed by atoms with Crippen molar-refractivity contribution in [2.24, 2.45) is 5.92 Å². The smallest absolute Gasteiger partial charge is 0.146 e. The normalized spacial score (nSPS) is 18.7. The van der Waals surface area contributed by atoms with Gasteiger partial charge in [0.1, 0.15) is 17.4 Å². The lowest BCUT2D eigenvalue weighted by molar-refractivity contribution is 0.181. The van der Waals surface area contributed by atoms with Crippen LogP contribution in [0.2, 0.25) is 0 Å². The number of para-hydroxylation sites is 1. The molecule has 2 aromatic carbocycles. The van der Waals surface area contributed by atoms with Gasteiger partial charge in [-0.2, -0.15) is 0 Å². The summed E-state index contributed by atoms with van der Waals surface area (Å²) in [5.74, 6) is 0.919. The molecule has 2 aromatic heterocycles. The van der Waals surface area contributed by atoms with Crippen LogP contribution in [0.1, 0.15) is 11.6 Å². The van der Waals surface area contributed by atoms with Gasteiger partial charge in [0.15, 0.2) is 0 Å². The molecule has 0 N–H and O–H groups in total. The molecule has 0 saturated carbocycles. The van der Waals surface area contributed by atoms with Crippen LogP contribution in [-0.2, 0) is 11.2 Å². The van der Waals surface area contributed by atoms with Gasteiger partial charge >= 0.3 is 0 Å². The van der Waals surface area contributed by atoms with E-state index in [9.17, 15) is 4.39 Å². The van der Waals surface area contributed by atoms with Crippen molar-refractivity contribution in [3.63, 3.8) is 0 Å². The number of pyridine rings is 1. The predicted octanol–water partition coefficient (Wildman–Crippen LogP) is 4.68. The molecule has 2 atom stereocenters. The zero-order valence-corrected chi connectivity index (χ0v) is 16.7. The Hall–Kier alpha value is -3.25. The van der Waals surface area contributed by atoms with Crippen molar-refractivity contribution in [3.8, 4) is 17.1 Å². The van der Waals surface area contributed by atoms with Gasteiger partial charge in [-0.3, -0.25) is 4.98 Å². The summed E-state index contributed by atoms with van der Waals surface area (Å²) in [5, 5.41) is 1.16. The van der Waals surface area contributed by atoms with Crippen LogP contribution >= 0.6 is 0 Å². The number of nitrogens with zero attached hydrogens (tertiary/aromatic N) is 3. The third kappa shape index (κ3) is 3.23. The zero-order chi connectivity index (χ0) is 20.5. The van der Waals surface area contributed by atoms with Crippen LogP contribution < -0.4 is 4.74 Å². The standard InChI is InChI=1S/C24H22FN3O2/c1-29-22-8-4-6-19(25)23(22)24-27-11-12-28(24)21-15-30-14-17(21)13-16-9-10-26-20-7-3-2-5-18(16)20/h2-12,17,21H,13-15H2,1H3/t17-,21-/m1/s1. The number of fused-ring (bicyclic) bond motifs is 1. The minimum absolute atomic E-state index is 0.0544. The molecule has 0 spiro atoms. The number of benzene rings is 2. The van der Waals surface area contributed by atoms with Gasteiger partial charge in [-0.1, -0.05) is 24.3 Å². The molecule has 152 valence electrons. The highest BCUT2D eigenvalue weighted by molar-refractivity contribution is 5.81. The van der Waals surface area contributed by atoms with Crippen LogP contribution in [0, 0.1) is 11.7 Å². The van der Waals surface area contributed by atoms with Gasteiger partial charge in [0.25, 0.3) is 0 Å². The number of ether oxygens (including phenoxy) is 2. The van der Waals surface area contributed by atoms with Crippen molar-refractivity contribution in [2.45, 2.75) is 12.5 Å². The minimum Gasteiger partial charge on any atom is -0.496 e. The van der Waals surface area contributed by atoms with E-state index in [-0.39, 0.29) is 17.8 Å². The Morgan fingerprint density at radius 3 is 2.87 bits per heavy atom. The first-order chi connectivity index (χ1) is 14.8. The third-order valence-electron chi connectivity index (χ3n) is 5.83. The first-order valence-electron chi connectivity index (χ1n) is 10.0. The lowest BCUT2D eigenvalue weighted by atomic mass is 9.92. The van der Waals surface area contributed by atoms with Crippen molar-refractivity contribution >= 4 is 10.9 Å². The molecule has 5 nitrogen and oxygen atoms in total. The Bertz CT molecular complexity index is 1180. The monoisotopic (exact) mass is 403 g/mol. The molecule has 0 bridgehead atoms. The number of aromatic nitrogens is 3. The second-order valence-electron chi connectivity index (χ2n) is 7.53. The van der Waals surface area contributed by atoms with Gasteiger partial charge in [-0.25, -0.2) is 9.37 Å². The number of hydrogen-bond acceptors (Lipinski definition) is 4. The molecular formula is C24H22FN3O2. The average Bonchev–Trinajstić information content (AvgIpc) is 3.43. The first-order valence-corrected chi connectivity index (χ1v) is 10.0. The molecule has 0 aliphatic carbocycles. The fourth-order valence-electron chi connectivity index (χ4n) is 4.37. The van der Waals surface area contributed by atoms with Crippen LogP contribution in [0.15, 0.2) is 67.1 Å². The summed E-state index contributed by atoms with van der Waals surface area (Å²) in [4.78, 5) is 8.94. The Labute approximate surface area is 174 Å². The Balaban J connectivity index is 1.51. The SMILES string of the molecule is COc1cccc(F)c1-c1nccn1[C@@H]1COC[C@H]1Cc1ccnc2ccccc12. The van der Waals surface area contributed by atoms with Crippen molar-refractivity contribution in [2.75, 3.05) is 20.3 Å². The predicted molar refractivity (Wildman–Crippen MR) is 113 cm³/mol. The van der Waals surface area contributed by atoms with Gasteiger partial charge < -0.3 is 14.0 Å². The minimum atomic E-state index is -0.350. The Morgan fingerprint density at radius 1 is 1.07 bits per heavy atom. The number of hydrogen-bond donors (Lipinski definition) is 0. The quantitative estimate of drug-likeness (QED) is 0.486. The van der Waals surface area contributed by atoms with E-state index in [4.69, 9.17) is 9.47 Å². The van der Waals surface area contributed by atoms with Gasteiger partial charge in [0, 0.05) is 29.9 Å². The highest BCUT2D eigenvalue weighted by Gasteiger charge is 2.32. The molecule has 0 radical (unpaired) electrons. The van der Waals surface area contributed by atoms with Crippen molar-refractivity contribution in [1.29, 1.82) is 0 Å². The first kappa shape index (κ1) is 18.8. The third-order valence-corrected chi connectivity index (χ3v) is 5.83. The molecule has 0 amide bonds. The molecule has 30 heavy (non-hydrogen) atoms. The molecule has 3 heterocycles. The molecule has 1 saturated heterocycles. The maximum atomic E-state index is 14.7. The van der Waals surface area contributed by atoms with Crippen LogP contribution in [0.4, 0.5) is 4.39 Å². The number of imidazole rings is 1. The largest absolute Gasteiger partial charge is 0.496 e. The number of methoxy groups -OCH3 is 1. The van der Waals surface area contributed by atoms with E-state index in [0.29, 0.717) is 30.4 Å². The van der Waals surface area contributed by atoms with E-state index >= 15 is 0 Å². The number of halogens is 1. The summed E-state index contributed by atoms with van der Waals surface area (Å²) in [6.07, 6.45) is 6.31. The maximum absolute atomic E-state index is 14.7. The van der Waals surface area contributed by atoms with Crippen LogP contribution in [0.5, 0.6) is 5.75 Å². The van der Waals surface area contributed by atoms with Crippen molar-refractivity contribution in [3.05, 3.63) is 78.5 Å². The molecule has 6 heteroatoms. The summed E-state index contributed by atoms with van der Waals surface area (Å²) in [6, 6.07) is 15.1. The van der Waals surface area contributed by atoms with Crippen LogP contribution in [0.25, 0.3) is 22.3 Å². The Kier molecular flexibility index (Phi) is 4.93. The van der Waals surface area contributed by atoms with Gasteiger partial charge in [0.2, 0.25) is 0 Å². The summed E-state index contributed by atoms with van der Waals surface area (Å²) in [5.41, 5.74) is 2.61. The fraction of sp³-hybridized carbons (Fsp3) is 0.250. The molecule has 5 rings (SSSR count). The van der Waals surface area contributed by atoms with E-state index < -0.39 is 0 Å². The summed E-state index contributed by atoms with van der Waals surface area (Å²) >= 11 is 0. The van der Waals surface area contributed by atoms with Gasteiger partial charge in [0.05, 0.1) is 37.4 Å². The van der Waals surface area contributed by atoms with Crippen molar-refractivity contribution < 1.29 is 13.9 Å². The lowest BCUT2D eigenvalue weighted by Crippen LogP contribution is -2.20. The summed E-state index contributed by atoms with van der Waals surface area (Å²) in [7, 11) is 1.54. The summed E-state index contributed by atoms with van der Waals surface area (Å²) in [6.45, 7) is 1.21. The van der Waals surface area contributed by atoms with Crippen LogP contribution in [0.3, 0.4) is 0 Å². The molecule has 1 fully saturated rings. The molecule has 1 aliphatic heterocycles. The summed E-state index contributed by atoms with van der Waals surface area (Å²) < 4.78 is 28.0. The topological polar surface area (TPSA) is 49.2 Å². The van der Waals surface area contributed by atoms with E-state index in [1.54, 1.807) is 25.4 Å². The van der Waals surface area contributed by atoms with E-state index in [0.717, 1.165) is 17.3 Å². The van der Waals surface area contributed by atoms with Gasteiger partial charge in [-0.15, -0.1) is 0 Å². The second-order valence-corrected chi connectivity index (χ2v) is 7.53. The highest BCUT2D eigenvalue weighted by Crippen LogP contribution is 2.37. The van der Waals surface area contributed by atoms with E-state index in [1.807, 2.05) is 35.2 Å². The molecule has 4 aromatic rings. The fourth-order valence-corrected chi connectivity index (χ4v) is 4.37. The Morgan fingerprint density at radius 2 is 1.97 bits per heavy atom. The maximum Gasteiger partial charge on any atom is 0.146 e. The number of rotatable bonds is 5. The molecule has 1 aliphatic rings. The average molecular weight is 403 g/mol. The van der Waals surface area contributed by atoms with E-state index in [1.165, 1.54) is 11.6 Å². The van der Waals surface area contributed by atoms with Crippen LogP contribution in [-0.4, -0.2) is 34.9 Å². The lowest BCUT2D eigenvalue weighted by Gasteiger charge is -2.22. The second kappa shape index (κ2) is 7.88. The molecular weight excluding hydrogens is 381 g/mol. The van der Waals surface area contributed by atoms with Crippen molar-refractivity contribution in [1.82, 2.24) is 14.5 Å². The highest BCUT2D eigenvalue weighted by atomic mass is 19.1. The zero-order valence-electron chi connectivity index (χ0n) is 16.7.